The van der Waals surface area contributed by atoms with Crippen LogP contribution in [0, 0.1) is 0 Å². The van der Waals surface area contributed by atoms with Gasteiger partial charge in [0.25, 0.3) is 0 Å². The monoisotopic (exact) mass is 165 g/mol. The van der Waals surface area contributed by atoms with E-state index in [2.05, 4.69) is 9.59 Å². The molecule has 2 N–H and O–H groups in total. The molecular formula is C7H7N3S. The third-order valence-electron chi connectivity index (χ3n) is 1.58. The van der Waals surface area contributed by atoms with Crippen LogP contribution in [-0.2, 0) is 6.54 Å². The van der Waals surface area contributed by atoms with Crippen molar-refractivity contribution in [3.05, 3.63) is 23.8 Å². The van der Waals surface area contributed by atoms with Gasteiger partial charge in [-0.05, 0) is 23.2 Å². The Hall–Kier alpha value is -1.00. The van der Waals surface area contributed by atoms with Crippen LogP contribution in [0.5, 0.6) is 0 Å². The summed E-state index contributed by atoms with van der Waals surface area (Å²) >= 11 is 1.40. The van der Waals surface area contributed by atoms with Crippen LogP contribution in [0.25, 0.3) is 10.2 Å². The van der Waals surface area contributed by atoms with Crippen LogP contribution < -0.4 is 5.73 Å². The lowest BCUT2D eigenvalue weighted by Crippen LogP contribution is -1.95. The van der Waals surface area contributed by atoms with Crippen LogP contribution >= 0.6 is 11.5 Å². The van der Waals surface area contributed by atoms with Crippen LogP contribution in [-0.4, -0.2) is 9.59 Å². The first-order valence-electron chi connectivity index (χ1n) is 3.32. The van der Waals surface area contributed by atoms with Gasteiger partial charge in [-0.3, -0.25) is 0 Å². The van der Waals surface area contributed by atoms with Crippen LogP contribution in [0.3, 0.4) is 0 Å². The molecule has 0 amide bonds. The molecule has 1 aromatic heterocycles. The van der Waals surface area contributed by atoms with E-state index in [9.17, 15) is 0 Å². The molecule has 1 heterocycles. The summed E-state index contributed by atoms with van der Waals surface area (Å²) in [6.45, 7) is 0.557. The number of rotatable bonds is 1. The number of benzene rings is 1. The molecule has 0 spiro atoms. The van der Waals surface area contributed by atoms with Crippen molar-refractivity contribution in [2.45, 2.75) is 6.54 Å². The number of nitrogens with two attached hydrogens (primary N) is 1. The molecule has 0 saturated heterocycles. The molecule has 0 saturated carbocycles. The summed E-state index contributed by atoms with van der Waals surface area (Å²) in [7, 11) is 0. The van der Waals surface area contributed by atoms with Crippen molar-refractivity contribution in [3.63, 3.8) is 0 Å². The summed E-state index contributed by atoms with van der Waals surface area (Å²) in [6.07, 6.45) is 0. The fourth-order valence-corrected chi connectivity index (χ4v) is 1.70. The quantitative estimate of drug-likeness (QED) is 0.689. The predicted molar refractivity (Wildman–Crippen MR) is 45.3 cm³/mol. The molecule has 0 fully saturated rings. The molecule has 3 nitrogen and oxygen atoms in total. The number of hydrogen-bond acceptors (Lipinski definition) is 4. The highest BCUT2D eigenvalue weighted by Crippen LogP contribution is 2.19. The van der Waals surface area contributed by atoms with Gasteiger partial charge >= 0.3 is 0 Å². The summed E-state index contributed by atoms with van der Waals surface area (Å²) < 4.78 is 4.95. The molecule has 0 radical (unpaired) electrons. The highest BCUT2D eigenvalue weighted by Gasteiger charge is 2.01. The lowest BCUT2D eigenvalue weighted by Gasteiger charge is -1.94. The van der Waals surface area contributed by atoms with Gasteiger partial charge in [-0.25, -0.2) is 0 Å². The minimum absolute atomic E-state index is 0.557. The standard InChI is InChI=1S/C7H7N3S/c8-4-5-2-1-3-6-7(5)11-10-9-6/h1-3H,4,8H2. The predicted octanol–water partition coefficient (Wildman–Crippen LogP) is 1.15. The molecule has 0 aliphatic carbocycles. The van der Waals surface area contributed by atoms with Crippen molar-refractivity contribution in [1.29, 1.82) is 0 Å². The lowest BCUT2D eigenvalue weighted by molar-refractivity contribution is 1.09. The van der Waals surface area contributed by atoms with Crippen molar-refractivity contribution in [2.75, 3.05) is 0 Å². The Kier molecular flexibility index (Phi) is 1.56. The Morgan fingerprint density at radius 3 is 3.18 bits per heavy atom. The van der Waals surface area contributed by atoms with Gasteiger partial charge in [0.05, 0.1) is 4.70 Å². The smallest absolute Gasteiger partial charge is 0.106 e. The van der Waals surface area contributed by atoms with Crippen LogP contribution in [0.4, 0.5) is 0 Å². The molecule has 0 aliphatic rings. The van der Waals surface area contributed by atoms with Crippen LogP contribution in [0.1, 0.15) is 5.56 Å². The number of aromatic nitrogens is 2. The first-order valence-corrected chi connectivity index (χ1v) is 4.09. The second-order valence-corrected chi connectivity index (χ2v) is 3.00. The Balaban J connectivity index is 2.79. The second kappa shape index (κ2) is 2.56. The van der Waals surface area contributed by atoms with Gasteiger partial charge in [-0.15, -0.1) is 5.10 Å². The number of nitrogens with zero attached hydrogens (tertiary/aromatic N) is 2. The third kappa shape index (κ3) is 1.00. The maximum absolute atomic E-state index is 5.53. The largest absolute Gasteiger partial charge is 0.326 e. The zero-order valence-corrected chi connectivity index (χ0v) is 6.64. The molecule has 56 valence electrons. The normalized spacial score (nSPS) is 10.6. The molecule has 4 heteroatoms. The van der Waals surface area contributed by atoms with E-state index >= 15 is 0 Å². The van der Waals surface area contributed by atoms with Crippen molar-refractivity contribution >= 4 is 21.7 Å². The van der Waals surface area contributed by atoms with E-state index in [4.69, 9.17) is 5.73 Å². The van der Waals surface area contributed by atoms with Crippen molar-refractivity contribution in [3.8, 4) is 0 Å². The van der Waals surface area contributed by atoms with Crippen molar-refractivity contribution in [2.24, 2.45) is 5.73 Å². The molecule has 0 aliphatic heterocycles. The topological polar surface area (TPSA) is 51.8 Å². The van der Waals surface area contributed by atoms with E-state index in [1.165, 1.54) is 11.5 Å². The van der Waals surface area contributed by atoms with E-state index in [1.54, 1.807) is 0 Å². The number of hydrogen-bond donors (Lipinski definition) is 1. The first kappa shape index (κ1) is 6.69. The summed E-state index contributed by atoms with van der Waals surface area (Å²) in [6, 6.07) is 5.89. The van der Waals surface area contributed by atoms with E-state index in [0.29, 0.717) is 6.54 Å². The molecule has 0 unspecified atom stereocenters. The van der Waals surface area contributed by atoms with Gasteiger partial charge < -0.3 is 5.73 Å². The zero-order chi connectivity index (χ0) is 7.68. The summed E-state index contributed by atoms with van der Waals surface area (Å²) in [5.74, 6) is 0. The molecule has 0 bridgehead atoms. The molecule has 2 rings (SSSR count). The fraction of sp³-hybridized carbons (Fsp3) is 0.143. The average Bonchev–Trinajstić information content (AvgIpc) is 2.50. The van der Waals surface area contributed by atoms with Crippen LogP contribution in [0.15, 0.2) is 18.2 Å². The second-order valence-electron chi connectivity index (χ2n) is 2.24. The Morgan fingerprint density at radius 2 is 2.36 bits per heavy atom. The fourth-order valence-electron chi connectivity index (χ4n) is 1.02. The maximum Gasteiger partial charge on any atom is 0.106 e. The minimum Gasteiger partial charge on any atom is -0.326 e. The SMILES string of the molecule is NCc1cccc2nnsc12. The van der Waals surface area contributed by atoms with Gasteiger partial charge in [0.2, 0.25) is 0 Å². The Morgan fingerprint density at radius 1 is 1.45 bits per heavy atom. The highest BCUT2D eigenvalue weighted by molar-refractivity contribution is 7.13. The molecule has 0 atom stereocenters. The zero-order valence-electron chi connectivity index (χ0n) is 5.82. The Labute approximate surface area is 68.0 Å². The number of fused-ring (bicyclic) bond motifs is 1. The van der Waals surface area contributed by atoms with Gasteiger partial charge in [-0.1, -0.05) is 16.6 Å². The first-order chi connectivity index (χ1) is 5.42. The van der Waals surface area contributed by atoms with Crippen molar-refractivity contribution in [1.82, 2.24) is 9.59 Å². The molecular weight excluding hydrogens is 158 g/mol. The maximum atomic E-state index is 5.53. The van der Waals surface area contributed by atoms with Gasteiger partial charge in [0, 0.05) is 6.54 Å². The van der Waals surface area contributed by atoms with Crippen LogP contribution in [0.2, 0.25) is 0 Å². The summed E-state index contributed by atoms with van der Waals surface area (Å²) in [5.41, 5.74) is 7.59. The van der Waals surface area contributed by atoms with Gasteiger partial charge in [0.15, 0.2) is 0 Å². The molecule has 11 heavy (non-hydrogen) atoms. The van der Waals surface area contributed by atoms with E-state index in [0.717, 1.165) is 15.8 Å². The van der Waals surface area contributed by atoms with E-state index in [1.807, 2.05) is 18.2 Å². The minimum atomic E-state index is 0.557. The third-order valence-corrected chi connectivity index (χ3v) is 2.39. The van der Waals surface area contributed by atoms with Gasteiger partial charge in [-0.2, -0.15) is 0 Å². The lowest BCUT2D eigenvalue weighted by atomic mass is 10.2. The summed E-state index contributed by atoms with van der Waals surface area (Å²) in [5, 5.41) is 3.94. The molecule has 2 aromatic rings. The van der Waals surface area contributed by atoms with Gasteiger partial charge in [0.1, 0.15) is 5.52 Å². The van der Waals surface area contributed by atoms with E-state index < -0.39 is 0 Å². The Bertz CT molecular complexity index is 368. The van der Waals surface area contributed by atoms with Crippen molar-refractivity contribution < 1.29 is 0 Å². The summed E-state index contributed by atoms with van der Waals surface area (Å²) in [4.78, 5) is 0. The highest BCUT2D eigenvalue weighted by atomic mass is 32.1. The average molecular weight is 165 g/mol. The van der Waals surface area contributed by atoms with E-state index in [-0.39, 0.29) is 0 Å². The molecule has 1 aromatic carbocycles.